The number of anilines is 1. The Morgan fingerprint density at radius 2 is 1.75 bits per heavy atom. The standard InChI is InChI=1S/C24H20N4O4/c1-15(29)32-20-7-3-5-17(11-20)24(31)28-19-6-2-4-16(10-19)13-25-23(30)18-8-9-21-22(12-18)27-14-26-21/h2-12,14H,13H2,1H3,(H,25,30)(H,26,27)(H,28,31). The molecule has 0 atom stereocenters. The summed E-state index contributed by atoms with van der Waals surface area (Å²) >= 11 is 0. The molecule has 0 aliphatic carbocycles. The lowest BCUT2D eigenvalue weighted by Gasteiger charge is -2.10. The van der Waals surface area contributed by atoms with Crippen LogP contribution >= 0.6 is 0 Å². The van der Waals surface area contributed by atoms with Crippen LogP contribution in [0.25, 0.3) is 11.0 Å². The summed E-state index contributed by atoms with van der Waals surface area (Å²) in [5.41, 5.74) is 3.88. The largest absolute Gasteiger partial charge is 0.427 e. The molecule has 2 amide bonds. The molecule has 0 unspecified atom stereocenters. The lowest BCUT2D eigenvalue weighted by Crippen LogP contribution is -2.22. The van der Waals surface area contributed by atoms with Crippen LogP contribution in [0.15, 0.2) is 73.1 Å². The van der Waals surface area contributed by atoms with Crippen molar-refractivity contribution in [3.63, 3.8) is 0 Å². The Morgan fingerprint density at radius 1 is 0.938 bits per heavy atom. The summed E-state index contributed by atoms with van der Waals surface area (Å²) in [5, 5.41) is 5.69. The van der Waals surface area contributed by atoms with Gasteiger partial charge in [-0.15, -0.1) is 0 Å². The zero-order chi connectivity index (χ0) is 22.5. The molecule has 8 nitrogen and oxygen atoms in total. The number of ether oxygens (including phenoxy) is 1. The van der Waals surface area contributed by atoms with E-state index in [1.807, 2.05) is 6.07 Å². The molecule has 1 aromatic heterocycles. The Morgan fingerprint density at radius 3 is 2.59 bits per heavy atom. The van der Waals surface area contributed by atoms with Crippen LogP contribution in [0.3, 0.4) is 0 Å². The first kappa shape index (κ1) is 20.8. The summed E-state index contributed by atoms with van der Waals surface area (Å²) in [4.78, 5) is 43.3. The van der Waals surface area contributed by atoms with Crippen LogP contribution in [0.2, 0.25) is 0 Å². The number of fused-ring (bicyclic) bond motifs is 1. The number of esters is 1. The minimum atomic E-state index is -0.457. The Bertz CT molecular complexity index is 1310. The van der Waals surface area contributed by atoms with E-state index < -0.39 is 5.97 Å². The lowest BCUT2D eigenvalue weighted by molar-refractivity contribution is -0.131. The Hall–Kier alpha value is -4.46. The third-order valence-electron chi connectivity index (χ3n) is 4.68. The van der Waals surface area contributed by atoms with Gasteiger partial charge >= 0.3 is 5.97 Å². The fourth-order valence-corrected chi connectivity index (χ4v) is 3.19. The zero-order valence-corrected chi connectivity index (χ0v) is 17.2. The topological polar surface area (TPSA) is 113 Å². The fourth-order valence-electron chi connectivity index (χ4n) is 3.19. The van der Waals surface area contributed by atoms with E-state index in [0.717, 1.165) is 16.6 Å². The van der Waals surface area contributed by atoms with Gasteiger partial charge in [0.2, 0.25) is 0 Å². The molecule has 0 radical (unpaired) electrons. The number of benzene rings is 3. The molecule has 0 fully saturated rings. The van der Waals surface area contributed by atoms with Gasteiger partial charge in [0.05, 0.1) is 17.4 Å². The highest BCUT2D eigenvalue weighted by Gasteiger charge is 2.10. The predicted octanol–water partition coefficient (Wildman–Crippen LogP) is 3.67. The van der Waals surface area contributed by atoms with E-state index in [1.165, 1.54) is 13.0 Å². The molecule has 160 valence electrons. The summed E-state index contributed by atoms with van der Waals surface area (Å²) in [6.45, 7) is 1.60. The van der Waals surface area contributed by atoms with Crippen molar-refractivity contribution in [1.82, 2.24) is 15.3 Å². The van der Waals surface area contributed by atoms with Crippen molar-refractivity contribution in [2.75, 3.05) is 5.32 Å². The molecule has 3 aromatic carbocycles. The third kappa shape index (κ3) is 4.99. The summed E-state index contributed by atoms with van der Waals surface area (Å²) in [6.07, 6.45) is 1.58. The van der Waals surface area contributed by atoms with Gasteiger partial charge in [0.15, 0.2) is 0 Å². The molecule has 8 heteroatoms. The molecule has 3 N–H and O–H groups in total. The maximum Gasteiger partial charge on any atom is 0.308 e. The van der Waals surface area contributed by atoms with E-state index in [9.17, 15) is 14.4 Å². The van der Waals surface area contributed by atoms with E-state index in [-0.39, 0.29) is 11.8 Å². The van der Waals surface area contributed by atoms with Gasteiger partial charge in [-0.05, 0) is 54.1 Å². The van der Waals surface area contributed by atoms with Gasteiger partial charge in [0.25, 0.3) is 11.8 Å². The van der Waals surface area contributed by atoms with Gasteiger partial charge in [-0.1, -0.05) is 18.2 Å². The number of carbonyl (C=O) groups excluding carboxylic acids is 3. The Labute approximate surface area is 183 Å². The Kier molecular flexibility index (Phi) is 5.94. The number of aromatic amines is 1. The van der Waals surface area contributed by atoms with E-state index in [4.69, 9.17) is 4.74 Å². The number of nitrogens with one attached hydrogen (secondary N) is 3. The van der Waals surface area contributed by atoms with Crippen LogP contribution in [0.5, 0.6) is 5.75 Å². The van der Waals surface area contributed by atoms with Crippen LogP contribution in [0.4, 0.5) is 5.69 Å². The number of nitrogens with zero attached hydrogens (tertiary/aromatic N) is 1. The van der Waals surface area contributed by atoms with E-state index in [1.54, 1.807) is 60.9 Å². The van der Waals surface area contributed by atoms with Crippen molar-refractivity contribution in [2.24, 2.45) is 0 Å². The van der Waals surface area contributed by atoms with Gasteiger partial charge in [-0.25, -0.2) is 4.98 Å². The number of rotatable bonds is 6. The summed E-state index contributed by atoms with van der Waals surface area (Å²) < 4.78 is 5.02. The number of amides is 2. The molecular weight excluding hydrogens is 408 g/mol. The van der Waals surface area contributed by atoms with Gasteiger partial charge in [-0.2, -0.15) is 0 Å². The van der Waals surface area contributed by atoms with Crippen LogP contribution in [0, 0.1) is 0 Å². The fraction of sp³-hybridized carbons (Fsp3) is 0.0833. The maximum atomic E-state index is 12.6. The van der Waals surface area contributed by atoms with Crippen LogP contribution < -0.4 is 15.4 Å². The first-order valence-corrected chi connectivity index (χ1v) is 9.88. The number of imidazole rings is 1. The van der Waals surface area contributed by atoms with E-state index in [0.29, 0.717) is 29.1 Å². The lowest BCUT2D eigenvalue weighted by atomic mass is 10.1. The number of hydrogen-bond donors (Lipinski definition) is 3. The zero-order valence-electron chi connectivity index (χ0n) is 17.2. The van der Waals surface area contributed by atoms with Gasteiger partial charge < -0.3 is 20.4 Å². The van der Waals surface area contributed by atoms with E-state index in [2.05, 4.69) is 20.6 Å². The molecule has 0 spiro atoms. The van der Waals surface area contributed by atoms with Crippen molar-refractivity contribution in [3.05, 3.63) is 89.7 Å². The number of hydrogen-bond acceptors (Lipinski definition) is 5. The normalized spacial score (nSPS) is 10.5. The number of H-pyrrole nitrogens is 1. The average Bonchev–Trinajstić information content (AvgIpc) is 3.25. The van der Waals surface area contributed by atoms with Crippen molar-refractivity contribution in [3.8, 4) is 5.75 Å². The highest BCUT2D eigenvalue weighted by Crippen LogP contribution is 2.17. The molecule has 1 heterocycles. The third-order valence-corrected chi connectivity index (χ3v) is 4.68. The minimum Gasteiger partial charge on any atom is -0.427 e. The van der Waals surface area contributed by atoms with Gasteiger partial charge in [-0.3, -0.25) is 14.4 Å². The van der Waals surface area contributed by atoms with Crippen LogP contribution in [0.1, 0.15) is 33.2 Å². The van der Waals surface area contributed by atoms with Crippen molar-refractivity contribution in [1.29, 1.82) is 0 Å². The van der Waals surface area contributed by atoms with Gasteiger partial charge in [0.1, 0.15) is 5.75 Å². The number of carbonyl (C=O) groups is 3. The first-order chi connectivity index (χ1) is 15.5. The van der Waals surface area contributed by atoms with E-state index >= 15 is 0 Å². The molecule has 4 rings (SSSR count). The molecule has 0 bridgehead atoms. The SMILES string of the molecule is CC(=O)Oc1cccc(C(=O)Nc2cccc(CNC(=O)c3ccc4nc[nH]c4c3)c2)c1. The molecule has 0 aliphatic rings. The van der Waals surface area contributed by atoms with Crippen molar-refractivity contribution in [2.45, 2.75) is 13.5 Å². The van der Waals surface area contributed by atoms with Crippen molar-refractivity contribution >= 4 is 34.5 Å². The summed E-state index contributed by atoms with van der Waals surface area (Å²) in [5.74, 6) is -0.706. The average molecular weight is 428 g/mol. The molecule has 0 saturated carbocycles. The van der Waals surface area contributed by atoms with Crippen LogP contribution in [-0.4, -0.2) is 27.8 Å². The highest BCUT2D eigenvalue weighted by molar-refractivity contribution is 6.04. The predicted molar refractivity (Wildman–Crippen MR) is 119 cm³/mol. The quantitative estimate of drug-likeness (QED) is 0.320. The smallest absolute Gasteiger partial charge is 0.308 e. The molecule has 0 aliphatic heterocycles. The Balaban J connectivity index is 1.39. The summed E-state index contributed by atoms with van der Waals surface area (Å²) in [6, 6.07) is 18.8. The van der Waals surface area contributed by atoms with Crippen molar-refractivity contribution < 1.29 is 19.1 Å². The first-order valence-electron chi connectivity index (χ1n) is 9.88. The second-order valence-corrected chi connectivity index (χ2v) is 7.09. The molecule has 0 saturated heterocycles. The number of aromatic nitrogens is 2. The molecule has 32 heavy (non-hydrogen) atoms. The molecule has 4 aromatic rings. The van der Waals surface area contributed by atoms with Crippen LogP contribution in [-0.2, 0) is 11.3 Å². The van der Waals surface area contributed by atoms with Gasteiger partial charge in [0, 0.05) is 30.3 Å². The minimum absolute atomic E-state index is 0.210. The summed E-state index contributed by atoms with van der Waals surface area (Å²) in [7, 11) is 0. The molecular formula is C24H20N4O4. The maximum absolute atomic E-state index is 12.6. The monoisotopic (exact) mass is 428 g/mol. The second-order valence-electron chi connectivity index (χ2n) is 7.09. The second kappa shape index (κ2) is 9.13. The highest BCUT2D eigenvalue weighted by atomic mass is 16.5.